The monoisotopic (exact) mass is 262 g/mol. The normalized spacial score (nSPS) is 16.5. The first kappa shape index (κ1) is 14.0. The molecule has 4 nitrogen and oxygen atoms in total. The van der Waals surface area contributed by atoms with E-state index >= 15 is 0 Å². The van der Waals surface area contributed by atoms with Crippen LogP contribution in [0.25, 0.3) is 0 Å². The summed E-state index contributed by atoms with van der Waals surface area (Å²) in [5.41, 5.74) is 0.859. The van der Waals surface area contributed by atoms with E-state index < -0.39 is 11.9 Å². The Kier molecular flexibility index (Phi) is 4.93. The molecule has 1 aliphatic carbocycles. The first-order valence-corrected chi connectivity index (χ1v) is 6.87. The average molecular weight is 262 g/mol. The van der Waals surface area contributed by atoms with E-state index in [2.05, 4.69) is 17.3 Å². The molecule has 1 saturated carbocycles. The van der Waals surface area contributed by atoms with Crippen LogP contribution in [0.1, 0.15) is 24.3 Å². The fourth-order valence-corrected chi connectivity index (χ4v) is 2.23. The number of nitrogens with one attached hydrogen (secondary N) is 1. The van der Waals surface area contributed by atoms with E-state index in [0.29, 0.717) is 6.54 Å². The third-order valence-electron chi connectivity index (χ3n) is 3.66. The molecule has 1 aliphatic rings. The van der Waals surface area contributed by atoms with Gasteiger partial charge in [-0.3, -0.25) is 4.79 Å². The maximum Gasteiger partial charge on any atom is 0.312 e. The zero-order valence-corrected chi connectivity index (χ0v) is 11.4. The number of benzene rings is 1. The number of hydrogen-bond donors (Lipinski definition) is 2. The van der Waals surface area contributed by atoms with Crippen molar-refractivity contribution >= 4 is 5.97 Å². The Labute approximate surface area is 114 Å². The lowest BCUT2D eigenvalue weighted by molar-refractivity contribution is -0.138. The van der Waals surface area contributed by atoms with Gasteiger partial charge in [0.15, 0.2) is 0 Å². The minimum absolute atomic E-state index is 0.465. The summed E-state index contributed by atoms with van der Waals surface area (Å²) in [6, 6.07) is 10.2. The van der Waals surface area contributed by atoms with Crippen molar-refractivity contribution in [2.75, 3.05) is 26.7 Å². The molecule has 4 heteroatoms. The minimum Gasteiger partial charge on any atom is -0.481 e. The number of likely N-dealkylation sites (N-methyl/N-ethyl adjacent to an activating group) is 1. The summed E-state index contributed by atoms with van der Waals surface area (Å²) in [7, 11) is 2.13. The lowest BCUT2D eigenvalue weighted by Crippen LogP contribution is -2.34. The summed E-state index contributed by atoms with van der Waals surface area (Å²) >= 11 is 0. The first-order valence-electron chi connectivity index (χ1n) is 6.87. The fourth-order valence-electron chi connectivity index (χ4n) is 2.23. The number of carboxylic acid groups (broad SMARTS) is 1. The van der Waals surface area contributed by atoms with Gasteiger partial charge >= 0.3 is 5.97 Å². The standard InChI is InChI=1S/C15H22N2O2/c1-17(13-7-8-13)10-9-16-11-14(15(18)19)12-5-3-2-4-6-12/h2-6,13-14,16H,7-11H2,1H3,(H,18,19). The minimum atomic E-state index is -0.769. The first-order chi connectivity index (χ1) is 9.18. The van der Waals surface area contributed by atoms with Gasteiger partial charge in [0.1, 0.15) is 0 Å². The zero-order valence-electron chi connectivity index (χ0n) is 11.4. The molecule has 0 aliphatic heterocycles. The van der Waals surface area contributed by atoms with E-state index in [1.165, 1.54) is 12.8 Å². The summed E-state index contributed by atoms with van der Waals surface area (Å²) in [5.74, 6) is -1.23. The van der Waals surface area contributed by atoms with E-state index in [1.807, 2.05) is 30.3 Å². The van der Waals surface area contributed by atoms with Crippen molar-refractivity contribution in [1.82, 2.24) is 10.2 Å². The summed E-state index contributed by atoms with van der Waals surface area (Å²) in [6.45, 7) is 2.30. The summed E-state index contributed by atoms with van der Waals surface area (Å²) < 4.78 is 0. The van der Waals surface area contributed by atoms with Gasteiger partial charge in [0.2, 0.25) is 0 Å². The van der Waals surface area contributed by atoms with E-state index in [4.69, 9.17) is 0 Å². The van der Waals surface area contributed by atoms with Crippen molar-refractivity contribution in [3.8, 4) is 0 Å². The van der Waals surface area contributed by atoms with Crippen LogP contribution < -0.4 is 5.32 Å². The number of carboxylic acids is 1. The number of aliphatic carboxylic acids is 1. The molecule has 1 atom stereocenters. The van der Waals surface area contributed by atoms with Crippen LogP contribution in [-0.4, -0.2) is 48.7 Å². The topological polar surface area (TPSA) is 52.6 Å². The predicted octanol–water partition coefficient (Wildman–Crippen LogP) is 1.54. The number of hydrogen-bond acceptors (Lipinski definition) is 3. The quantitative estimate of drug-likeness (QED) is 0.698. The van der Waals surface area contributed by atoms with Gasteiger partial charge in [0.05, 0.1) is 5.92 Å². The molecule has 2 rings (SSSR count). The van der Waals surface area contributed by atoms with E-state index in [1.54, 1.807) is 0 Å². The van der Waals surface area contributed by atoms with Crippen molar-refractivity contribution in [3.63, 3.8) is 0 Å². The van der Waals surface area contributed by atoms with Gasteiger partial charge in [-0.05, 0) is 25.5 Å². The predicted molar refractivity (Wildman–Crippen MR) is 75.3 cm³/mol. The highest BCUT2D eigenvalue weighted by molar-refractivity contribution is 5.76. The molecule has 19 heavy (non-hydrogen) atoms. The average Bonchev–Trinajstić information content (AvgIpc) is 3.23. The van der Waals surface area contributed by atoms with Crippen LogP contribution in [0.3, 0.4) is 0 Å². The molecule has 0 amide bonds. The van der Waals surface area contributed by atoms with Crippen molar-refractivity contribution < 1.29 is 9.90 Å². The Bertz CT molecular complexity index is 404. The molecule has 0 spiro atoms. The molecule has 2 N–H and O–H groups in total. The molecule has 1 fully saturated rings. The zero-order chi connectivity index (χ0) is 13.7. The second kappa shape index (κ2) is 6.68. The Morgan fingerprint density at radius 2 is 2.11 bits per heavy atom. The number of nitrogens with zero attached hydrogens (tertiary/aromatic N) is 1. The summed E-state index contributed by atoms with van der Waals surface area (Å²) in [6.07, 6.45) is 2.61. The Morgan fingerprint density at radius 1 is 1.42 bits per heavy atom. The molecular weight excluding hydrogens is 240 g/mol. The van der Waals surface area contributed by atoms with Crippen molar-refractivity contribution in [2.45, 2.75) is 24.8 Å². The van der Waals surface area contributed by atoms with Crippen LogP contribution in [0.2, 0.25) is 0 Å². The largest absolute Gasteiger partial charge is 0.481 e. The SMILES string of the molecule is CN(CCNCC(C(=O)O)c1ccccc1)C1CC1. The van der Waals surface area contributed by atoms with E-state index in [9.17, 15) is 9.90 Å². The molecule has 0 aromatic heterocycles. The van der Waals surface area contributed by atoms with Crippen LogP contribution in [0.15, 0.2) is 30.3 Å². The van der Waals surface area contributed by atoms with Crippen LogP contribution in [0.4, 0.5) is 0 Å². The second-order valence-electron chi connectivity index (χ2n) is 5.22. The molecule has 1 unspecified atom stereocenters. The highest BCUT2D eigenvalue weighted by Gasteiger charge is 2.25. The third kappa shape index (κ3) is 4.33. The maximum atomic E-state index is 11.3. The molecule has 1 aromatic carbocycles. The summed E-state index contributed by atoms with van der Waals surface area (Å²) in [5, 5.41) is 12.5. The fraction of sp³-hybridized carbons (Fsp3) is 0.533. The van der Waals surface area contributed by atoms with Gasteiger partial charge < -0.3 is 15.3 Å². The van der Waals surface area contributed by atoms with Crippen LogP contribution in [0, 0.1) is 0 Å². The van der Waals surface area contributed by atoms with E-state index in [0.717, 1.165) is 24.7 Å². The van der Waals surface area contributed by atoms with Gasteiger partial charge in [-0.15, -0.1) is 0 Å². The maximum absolute atomic E-state index is 11.3. The lowest BCUT2D eigenvalue weighted by Gasteiger charge is -2.18. The Balaban J connectivity index is 1.76. The Morgan fingerprint density at radius 3 is 2.68 bits per heavy atom. The molecule has 0 radical (unpaired) electrons. The molecule has 1 aromatic rings. The highest BCUT2D eigenvalue weighted by Crippen LogP contribution is 2.24. The highest BCUT2D eigenvalue weighted by atomic mass is 16.4. The van der Waals surface area contributed by atoms with Crippen LogP contribution in [0.5, 0.6) is 0 Å². The van der Waals surface area contributed by atoms with Gasteiger partial charge in [-0.25, -0.2) is 0 Å². The van der Waals surface area contributed by atoms with Crippen LogP contribution in [-0.2, 0) is 4.79 Å². The molecule has 104 valence electrons. The number of carbonyl (C=O) groups is 1. The Hall–Kier alpha value is -1.39. The van der Waals surface area contributed by atoms with Crippen molar-refractivity contribution in [3.05, 3.63) is 35.9 Å². The summed E-state index contributed by atoms with van der Waals surface area (Å²) in [4.78, 5) is 13.6. The molecule has 0 saturated heterocycles. The second-order valence-corrected chi connectivity index (χ2v) is 5.22. The van der Waals surface area contributed by atoms with Crippen LogP contribution >= 0.6 is 0 Å². The van der Waals surface area contributed by atoms with Crippen molar-refractivity contribution in [2.24, 2.45) is 0 Å². The van der Waals surface area contributed by atoms with Gasteiger partial charge in [0.25, 0.3) is 0 Å². The van der Waals surface area contributed by atoms with Gasteiger partial charge in [0, 0.05) is 25.7 Å². The molecule has 0 bridgehead atoms. The van der Waals surface area contributed by atoms with Crippen molar-refractivity contribution in [1.29, 1.82) is 0 Å². The lowest BCUT2D eigenvalue weighted by atomic mass is 9.99. The third-order valence-corrected chi connectivity index (χ3v) is 3.66. The van der Waals surface area contributed by atoms with Gasteiger partial charge in [-0.1, -0.05) is 30.3 Å². The van der Waals surface area contributed by atoms with E-state index in [-0.39, 0.29) is 0 Å². The molecule has 0 heterocycles. The smallest absolute Gasteiger partial charge is 0.312 e. The van der Waals surface area contributed by atoms with Gasteiger partial charge in [-0.2, -0.15) is 0 Å². The number of rotatable bonds is 8. The molecular formula is C15H22N2O2.